The molecule has 1 aromatic rings. The molecule has 1 aliphatic rings. The van der Waals surface area contributed by atoms with Gasteiger partial charge in [-0.05, 0) is 59.8 Å². The fourth-order valence-electron chi connectivity index (χ4n) is 3.66. The van der Waals surface area contributed by atoms with Gasteiger partial charge in [0, 0.05) is 12.6 Å². The van der Waals surface area contributed by atoms with Crippen molar-refractivity contribution >= 4 is 11.9 Å². The van der Waals surface area contributed by atoms with Crippen LogP contribution in [0, 0.1) is 0 Å². The lowest BCUT2D eigenvalue weighted by atomic mass is 9.79. The Morgan fingerprint density at radius 2 is 1.57 bits per heavy atom. The molecule has 1 saturated heterocycles. The van der Waals surface area contributed by atoms with Crippen LogP contribution in [0.25, 0.3) is 0 Å². The van der Waals surface area contributed by atoms with Gasteiger partial charge in [0.15, 0.2) is 6.61 Å². The largest absolute Gasteiger partial charge is 0.452 e. The van der Waals surface area contributed by atoms with Gasteiger partial charge in [-0.15, -0.1) is 0 Å². The molecular formula is C24H37NO3. The summed E-state index contributed by atoms with van der Waals surface area (Å²) in [5.74, 6) is -0.502. The molecule has 1 amide bonds. The van der Waals surface area contributed by atoms with Gasteiger partial charge >= 0.3 is 5.97 Å². The molecule has 2 rings (SSSR count). The zero-order valence-corrected chi connectivity index (χ0v) is 18.7. The van der Waals surface area contributed by atoms with Crippen LogP contribution in [0.1, 0.15) is 95.6 Å². The van der Waals surface area contributed by atoms with Gasteiger partial charge in [0.25, 0.3) is 5.91 Å². The summed E-state index contributed by atoms with van der Waals surface area (Å²) in [4.78, 5) is 27.2. The molecule has 156 valence electrons. The van der Waals surface area contributed by atoms with Crippen molar-refractivity contribution in [1.29, 1.82) is 0 Å². The summed E-state index contributed by atoms with van der Waals surface area (Å²) in [6, 6.07) is 6.24. The predicted molar refractivity (Wildman–Crippen MR) is 114 cm³/mol. The quantitative estimate of drug-likeness (QED) is 0.665. The number of ether oxygens (including phenoxy) is 1. The number of esters is 1. The molecule has 0 aliphatic carbocycles. The molecule has 0 spiro atoms. The van der Waals surface area contributed by atoms with Gasteiger partial charge in [-0.25, -0.2) is 4.79 Å². The van der Waals surface area contributed by atoms with Crippen LogP contribution in [0.2, 0.25) is 0 Å². The maximum Gasteiger partial charge on any atom is 0.338 e. The van der Waals surface area contributed by atoms with Crippen molar-refractivity contribution in [2.24, 2.45) is 0 Å². The Kier molecular flexibility index (Phi) is 6.95. The number of rotatable bonds is 4. The predicted octanol–water partition coefficient (Wildman–Crippen LogP) is 5.23. The number of piperidine rings is 1. The van der Waals surface area contributed by atoms with Gasteiger partial charge in [-0.2, -0.15) is 0 Å². The minimum absolute atomic E-state index is 0.0751. The first-order valence-corrected chi connectivity index (χ1v) is 10.6. The van der Waals surface area contributed by atoms with Gasteiger partial charge < -0.3 is 9.64 Å². The van der Waals surface area contributed by atoms with Crippen LogP contribution in [0.4, 0.5) is 0 Å². The Hall–Kier alpha value is -1.84. The smallest absolute Gasteiger partial charge is 0.338 e. The molecule has 1 heterocycles. The van der Waals surface area contributed by atoms with E-state index in [1.807, 2.05) is 17.0 Å². The van der Waals surface area contributed by atoms with E-state index >= 15 is 0 Å². The monoisotopic (exact) mass is 387 g/mol. The number of amides is 1. The SMILES string of the molecule is CC[C@H]1CCCCN1C(=O)COC(=O)c1cc(C(C)(C)C)cc(C(C)(C)C)c1. The van der Waals surface area contributed by atoms with Crippen LogP contribution in [0.5, 0.6) is 0 Å². The van der Waals surface area contributed by atoms with E-state index in [4.69, 9.17) is 4.74 Å². The van der Waals surface area contributed by atoms with Gasteiger partial charge in [0.1, 0.15) is 0 Å². The molecule has 1 aliphatic heterocycles. The number of carbonyl (C=O) groups excluding carboxylic acids is 2. The third-order valence-corrected chi connectivity index (χ3v) is 5.65. The average Bonchev–Trinajstić information content (AvgIpc) is 2.63. The Morgan fingerprint density at radius 3 is 2.07 bits per heavy atom. The molecule has 28 heavy (non-hydrogen) atoms. The molecule has 4 heteroatoms. The number of benzene rings is 1. The Bertz CT molecular complexity index is 677. The minimum Gasteiger partial charge on any atom is -0.452 e. The average molecular weight is 388 g/mol. The first-order chi connectivity index (χ1) is 12.9. The van der Waals surface area contributed by atoms with E-state index in [1.165, 1.54) is 0 Å². The van der Waals surface area contributed by atoms with Gasteiger partial charge in [-0.1, -0.05) is 54.5 Å². The van der Waals surface area contributed by atoms with Gasteiger partial charge in [-0.3, -0.25) is 4.79 Å². The fourth-order valence-corrected chi connectivity index (χ4v) is 3.66. The number of likely N-dealkylation sites (tertiary alicyclic amines) is 1. The van der Waals surface area contributed by atoms with Crippen molar-refractivity contribution in [2.45, 2.75) is 91.0 Å². The zero-order valence-electron chi connectivity index (χ0n) is 18.7. The third-order valence-electron chi connectivity index (χ3n) is 5.65. The van der Waals surface area contributed by atoms with Crippen LogP contribution >= 0.6 is 0 Å². The maximum atomic E-state index is 12.7. The van der Waals surface area contributed by atoms with E-state index in [1.54, 1.807) is 0 Å². The van der Waals surface area contributed by atoms with Crippen molar-refractivity contribution in [3.05, 3.63) is 34.9 Å². The first-order valence-electron chi connectivity index (χ1n) is 10.6. The molecule has 0 aromatic heterocycles. The van der Waals surface area contributed by atoms with Gasteiger partial charge in [0.2, 0.25) is 0 Å². The lowest BCUT2D eigenvalue weighted by Crippen LogP contribution is -2.45. The molecule has 0 radical (unpaired) electrons. The summed E-state index contributed by atoms with van der Waals surface area (Å²) < 4.78 is 5.44. The lowest BCUT2D eigenvalue weighted by Gasteiger charge is -2.35. The van der Waals surface area contributed by atoms with E-state index in [0.717, 1.165) is 43.4 Å². The number of hydrogen-bond donors (Lipinski definition) is 0. The number of hydrogen-bond acceptors (Lipinski definition) is 3. The Balaban J connectivity index is 2.16. The molecule has 0 unspecified atom stereocenters. The second-order valence-electron chi connectivity index (χ2n) is 10.0. The van der Waals surface area contributed by atoms with E-state index < -0.39 is 5.97 Å². The highest BCUT2D eigenvalue weighted by Crippen LogP contribution is 2.30. The van der Waals surface area contributed by atoms with E-state index in [2.05, 4.69) is 54.5 Å². The standard InChI is InChI=1S/C24H37NO3/c1-8-20-11-9-10-12-25(20)21(26)16-28-22(27)17-13-18(23(2,3)4)15-19(14-17)24(5,6)7/h13-15,20H,8-12,16H2,1-7H3/t20-/m0/s1. The second kappa shape index (κ2) is 8.67. The molecule has 4 nitrogen and oxygen atoms in total. The van der Waals surface area contributed by atoms with Crippen molar-refractivity contribution in [3.63, 3.8) is 0 Å². The highest BCUT2D eigenvalue weighted by molar-refractivity contribution is 5.92. The summed E-state index contributed by atoms with van der Waals surface area (Å²) in [7, 11) is 0. The van der Waals surface area contributed by atoms with Crippen molar-refractivity contribution in [3.8, 4) is 0 Å². The van der Waals surface area contributed by atoms with Crippen LogP contribution in [-0.2, 0) is 20.4 Å². The third kappa shape index (κ3) is 5.59. The summed E-state index contributed by atoms with van der Waals surface area (Å²) >= 11 is 0. The number of carbonyl (C=O) groups is 2. The topological polar surface area (TPSA) is 46.6 Å². The summed E-state index contributed by atoms with van der Waals surface area (Å²) in [5.41, 5.74) is 2.57. The highest BCUT2D eigenvalue weighted by Gasteiger charge is 2.27. The Labute approximate surface area is 170 Å². The van der Waals surface area contributed by atoms with E-state index in [0.29, 0.717) is 5.56 Å². The Morgan fingerprint density at radius 1 is 1.00 bits per heavy atom. The second-order valence-corrected chi connectivity index (χ2v) is 10.0. The lowest BCUT2D eigenvalue weighted by molar-refractivity contribution is -0.138. The van der Waals surface area contributed by atoms with Crippen molar-refractivity contribution in [2.75, 3.05) is 13.2 Å². The molecule has 1 aromatic carbocycles. The molecular weight excluding hydrogens is 350 g/mol. The summed E-state index contributed by atoms with van der Waals surface area (Å²) in [6.07, 6.45) is 4.18. The molecule has 0 saturated carbocycles. The van der Waals surface area contributed by atoms with E-state index in [9.17, 15) is 9.59 Å². The normalized spacial score (nSPS) is 18.1. The molecule has 1 fully saturated rings. The van der Waals surface area contributed by atoms with Crippen LogP contribution in [0.3, 0.4) is 0 Å². The van der Waals surface area contributed by atoms with Crippen LogP contribution in [0.15, 0.2) is 18.2 Å². The molecule has 1 atom stereocenters. The molecule has 0 bridgehead atoms. The minimum atomic E-state index is -0.421. The molecule has 0 N–H and O–H groups in total. The highest BCUT2D eigenvalue weighted by atomic mass is 16.5. The van der Waals surface area contributed by atoms with Crippen LogP contribution < -0.4 is 0 Å². The summed E-state index contributed by atoms with van der Waals surface area (Å²) in [5, 5.41) is 0. The van der Waals surface area contributed by atoms with E-state index in [-0.39, 0.29) is 29.4 Å². The van der Waals surface area contributed by atoms with Gasteiger partial charge in [0.05, 0.1) is 5.56 Å². The zero-order chi connectivity index (χ0) is 21.1. The van der Waals surface area contributed by atoms with Crippen molar-refractivity contribution in [1.82, 2.24) is 4.90 Å². The summed E-state index contributed by atoms with van der Waals surface area (Å²) in [6.45, 7) is 15.5. The van der Waals surface area contributed by atoms with Crippen molar-refractivity contribution < 1.29 is 14.3 Å². The first kappa shape index (κ1) is 22.4. The van der Waals surface area contributed by atoms with Crippen LogP contribution in [-0.4, -0.2) is 36.0 Å². The fraction of sp³-hybridized carbons (Fsp3) is 0.667. The maximum absolute atomic E-state index is 12.7. The number of nitrogens with zero attached hydrogens (tertiary/aromatic N) is 1.